The van der Waals surface area contributed by atoms with Gasteiger partial charge in [0.15, 0.2) is 0 Å². The van der Waals surface area contributed by atoms with Crippen molar-refractivity contribution < 1.29 is 31.5 Å². The van der Waals surface area contributed by atoms with Crippen LogP contribution in [-0.4, -0.2) is 29.7 Å². The molecule has 0 aromatic heterocycles. The third kappa shape index (κ3) is 5.06. The summed E-state index contributed by atoms with van der Waals surface area (Å²) < 4.78 is 71.1. The molecule has 1 aliphatic rings. The molecule has 25 heavy (non-hydrogen) atoms. The van der Waals surface area contributed by atoms with Gasteiger partial charge in [-0.3, -0.25) is 0 Å². The quantitative estimate of drug-likeness (QED) is 0.701. The van der Waals surface area contributed by atoms with Crippen LogP contribution in [0.2, 0.25) is 0 Å². The zero-order chi connectivity index (χ0) is 19.0. The van der Waals surface area contributed by atoms with Crippen LogP contribution in [0.5, 0.6) is 0 Å². The largest absolute Gasteiger partial charge is 0.444 e. The van der Waals surface area contributed by atoms with Crippen LogP contribution in [0.4, 0.5) is 26.7 Å². The summed E-state index contributed by atoms with van der Waals surface area (Å²) in [6.45, 7) is 5.42. The lowest BCUT2D eigenvalue weighted by atomic mass is 9.90. The first-order chi connectivity index (χ1) is 11.3. The maximum Gasteiger partial charge on any atom is 0.416 e. The van der Waals surface area contributed by atoms with Gasteiger partial charge in [0.25, 0.3) is 5.92 Å². The molecule has 140 valence electrons. The number of likely N-dealkylation sites (tertiary alicyclic amines) is 1. The van der Waals surface area contributed by atoms with Crippen molar-refractivity contribution in [2.24, 2.45) is 5.92 Å². The molecule has 1 fully saturated rings. The number of alkyl halides is 5. The van der Waals surface area contributed by atoms with Crippen LogP contribution < -0.4 is 0 Å². The molecule has 0 unspecified atom stereocenters. The second kappa shape index (κ2) is 6.46. The van der Waals surface area contributed by atoms with Crippen LogP contribution >= 0.6 is 0 Å². The van der Waals surface area contributed by atoms with Gasteiger partial charge in [-0.15, -0.1) is 0 Å². The highest BCUT2D eigenvalue weighted by Crippen LogP contribution is 2.39. The fourth-order valence-corrected chi connectivity index (χ4v) is 2.56. The van der Waals surface area contributed by atoms with Gasteiger partial charge in [-0.05, 0) is 32.9 Å². The van der Waals surface area contributed by atoms with Gasteiger partial charge in [0, 0.05) is 31.0 Å². The topological polar surface area (TPSA) is 29.5 Å². The molecule has 8 heteroatoms. The molecule has 0 atom stereocenters. The fourth-order valence-electron chi connectivity index (χ4n) is 2.56. The lowest BCUT2D eigenvalue weighted by molar-refractivity contribution is -0.137. The van der Waals surface area contributed by atoms with E-state index in [9.17, 15) is 26.7 Å². The molecule has 0 bridgehead atoms. The van der Waals surface area contributed by atoms with E-state index in [1.807, 2.05) is 0 Å². The average molecular weight is 365 g/mol. The Kier molecular flexibility index (Phi) is 5.03. The number of hydrogen-bond donors (Lipinski definition) is 0. The van der Waals surface area contributed by atoms with Gasteiger partial charge >= 0.3 is 12.3 Å². The van der Waals surface area contributed by atoms with Crippen LogP contribution in [0.25, 0.3) is 0 Å². The van der Waals surface area contributed by atoms with E-state index in [2.05, 4.69) is 0 Å². The summed E-state index contributed by atoms with van der Waals surface area (Å²) in [5, 5.41) is 0. The summed E-state index contributed by atoms with van der Waals surface area (Å²) in [5.74, 6) is -3.68. The van der Waals surface area contributed by atoms with Crippen molar-refractivity contribution in [1.29, 1.82) is 0 Å². The lowest BCUT2D eigenvalue weighted by Crippen LogP contribution is -2.52. The molecule has 3 nitrogen and oxygen atoms in total. The van der Waals surface area contributed by atoms with Gasteiger partial charge in [-0.2, -0.15) is 13.2 Å². The molecule has 1 aromatic rings. The third-order valence-corrected chi connectivity index (χ3v) is 3.79. The molecule has 2 rings (SSSR count). The first kappa shape index (κ1) is 19.5. The molecule has 1 saturated heterocycles. The molecule has 1 aliphatic heterocycles. The standard InChI is InChI=1S/C17H20F5NO2/c1-15(2,3)25-14(24)23-9-11(10-23)8-16(18,19)12-4-6-13(7-5-12)17(20,21)22/h4-7,11H,8-10H2,1-3H3. The third-order valence-electron chi connectivity index (χ3n) is 3.79. The second-order valence-corrected chi connectivity index (χ2v) is 7.24. The first-order valence-electron chi connectivity index (χ1n) is 7.81. The molecule has 1 amide bonds. The molecule has 1 heterocycles. The molecule has 0 aliphatic carbocycles. The van der Waals surface area contributed by atoms with Crippen LogP contribution in [0.1, 0.15) is 38.3 Å². The van der Waals surface area contributed by atoms with E-state index < -0.39 is 47.3 Å². The molecule has 0 spiro atoms. The van der Waals surface area contributed by atoms with E-state index in [4.69, 9.17) is 4.74 Å². The Morgan fingerprint density at radius 2 is 1.52 bits per heavy atom. The number of benzene rings is 1. The van der Waals surface area contributed by atoms with Crippen molar-refractivity contribution in [2.75, 3.05) is 13.1 Å². The fraction of sp³-hybridized carbons (Fsp3) is 0.588. The lowest BCUT2D eigenvalue weighted by Gasteiger charge is -2.41. The van der Waals surface area contributed by atoms with Crippen LogP contribution in [0.15, 0.2) is 24.3 Å². The molecule has 1 aromatic carbocycles. The number of hydrogen-bond acceptors (Lipinski definition) is 2. The van der Waals surface area contributed by atoms with Crippen LogP contribution in [0.3, 0.4) is 0 Å². The Labute approximate surface area is 142 Å². The maximum absolute atomic E-state index is 14.2. The smallest absolute Gasteiger partial charge is 0.416 e. The zero-order valence-corrected chi connectivity index (χ0v) is 14.2. The van der Waals surface area contributed by atoms with Gasteiger partial charge in [-0.1, -0.05) is 12.1 Å². The molecule has 0 N–H and O–H groups in total. The average Bonchev–Trinajstić information content (AvgIpc) is 2.39. The molecule has 0 saturated carbocycles. The van der Waals surface area contributed by atoms with E-state index in [1.54, 1.807) is 20.8 Å². The monoisotopic (exact) mass is 365 g/mol. The summed E-state index contributed by atoms with van der Waals surface area (Å²) in [5.41, 5.74) is -2.09. The van der Waals surface area contributed by atoms with E-state index in [-0.39, 0.29) is 13.1 Å². The summed E-state index contributed by atoms with van der Waals surface area (Å²) in [7, 11) is 0. The Balaban J connectivity index is 1.92. The van der Waals surface area contributed by atoms with Crippen molar-refractivity contribution in [3.8, 4) is 0 Å². The highest BCUT2D eigenvalue weighted by atomic mass is 19.4. The maximum atomic E-state index is 14.2. The van der Waals surface area contributed by atoms with E-state index in [1.165, 1.54) is 4.90 Å². The van der Waals surface area contributed by atoms with E-state index in [0.29, 0.717) is 12.1 Å². The number of carbonyl (C=O) groups excluding carboxylic acids is 1. The Morgan fingerprint density at radius 1 is 1.04 bits per heavy atom. The van der Waals surface area contributed by atoms with E-state index in [0.717, 1.165) is 12.1 Å². The molecular formula is C17H20F5NO2. The molecular weight excluding hydrogens is 345 g/mol. The number of amides is 1. The SMILES string of the molecule is CC(C)(C)OC(=O)N1CC(CC(F)(F)c2ccc(C(F)(F)F)cc2)C1. The second-order valence-electron chi connectivity index (χ2n) is 7.24. The number of ether oxygens (including phenoxy) is 1. The van der Waals surface area contributed by atoms with Crippen molar-refractivity contribution in [2.45, 2.75) is 44.9 Å². The highest BCUT2D eigenvalue weighted by Gasteiger charge is 2.42. The summed E-state index contributed by atoms with van der Waals surface area (Å²) in [6, 6.07) is 2.90. The predicted molar refractivity (Wildman–Crippen MR) is 81.3 cm³/mol. The van der Waals surface area contributed by atoms with Crippen molar-refractivity contribution >= 4 is 6.09 Å². The minimum Gasteiger partial charge on any atom is -0.444 e. The summed E-state index contributed by atoms with van der Waals surface area (Å²) >= 11 is 0. The van der Waals surface area contributed by atoms with Gasteiger partial charge in [0.1, 0.15) is 5.60 Å². The summed E-state index contributed by atoms with van der Waals surface area (Å²) in [6.07, 6.45) is -5.64. The molecule has 0 radical (unpaired) electrons. The Morgan fingerprint density at radius 3 is 1.96 bits per heavy atom. The minimum absolute atomic E-state index is 0.144. The highest BCUT2D eigenvalue weighted by molar-refractivity contribution is 5.69. The van der Waals surface area contributed by atoms with Gasteiger partial charge in [-0.25, -0.2) is 13.6 Å². The van der Waals surface area contributed by atoms with Crippen molar-refractivity contribution in [1.82, 2.24) is 4.90 Å². The zero-order valence-electron chi connectivity index (χ0n) is 14.2. The van der Waals surface area contributed by atoms with Crippen molar-refractivity contribution in [3.05, 3.63) is 35.4 Å². The normalized spacial score (nSPS) is 16.6. The summed E-state index contributed by atoms with van der Waals surface area (Å²) in [4.78, 5) is 13.1. The van der Waals surface area contributed by atoms with Gasteiger partial charge in [0.05, 0.1) is 5.56 Å². The van der Waals surface area contributed by atoms with Gasteiger partial charge < -0.3 is 9.64 Å². The minimum atomic E-state index is -4.56. The van der Waals surface area contributed by atoms with Gasteiger partial charge in [0.2, 0.25) is 0 Å². The number of nitrogens with zero attached hydrogens (tertiary/aromatic N) is 1. The van der Waals surface area contributed by atoms with Crippen molar-refractivity contribution in [3.63, 3.8) is 0 Å². The number of rotatable bonds is 3. The first-order valence-corrected chi connectivity index (χ1v) is 7.81. The Hall–Kier alpha value is -1.86. The van der Waals surface area contributed by atoms with E-state index >= 15 is 0 Å². The van der Waals surface area contributed by atoms with Crippen LogP contribution in [-0.2, 0) is 16.8 Å². The Bertz CT molecular complexity index is 613. The predicted octanol–water partition coefficient (Wildman–Crippen LogP) is 5.05. The number of carbonyl (C=O) groups is 1. The van der Waals surface area contributed by atoms with Crippen LogP contribution in [0, 0.1) is 5.92 Å². The number of halogens is 5.